The van der Waals surface area contributed by atoms with Crippen molar-refractivity contribution >= 4 is 15.5 Å². The van der Waals surface area contributed by atoms with Gasteiger partial charge in [0.25, 0.3) is 0 Å². The molecule has 0 heterocycles. The highest BCUT2D eigenvalue weighted by Gasteiger charge is 2.16. The highest BCUT2D eigenvalue weighted by Crippen LogP contribution is 2.23. The Morgan fingerprint density at radius 1 is 1.33 bits per heavy atom. The summed E-state index contributed by atoms with van der Waals surface area (Å²) in [6.45, 7) is 4.31. The minimum atomic E-state index is -3.19. The van der Waals surface area contributed by atoms with Gasteiger partial charge in [-0.15, -0.1) is 0 Å². The molecule has 1 atom stereocenters. The second-order valence-electron chi connectivity index (χ2n) is 4.23. The number of nitrogens with one attached hydrogen (secondary N) is 1. The zero-order valence-electron chi connectivity index (χ0n) is 11.1. The topological polar surface area (TPSA) is 55.4 Å². The van der Waals surface area contributed by atoms with Crippen LogP contribution in [0, 0.1) is 0 Å². The van der Waals surface area contributed by atoms with E-state index in [0.29, 0.717) is 17.2 Å². The van der Waals surface area contributed by atoms with Gasteiger partial charge in [0.1, 0.15) is 0 Å². The molecule has 0 aliphatic heterocycles. The van der Waals surface area contributed by atoms with E-state index in [4.69, 9.17) is 4.74 Å². The molecular weight excluding hydrogens is 250 g/mol. The van der Waals surface area contributed by atoms with E-state index in [1.807, 2.05) is 13.0 Å². The van der Waals surface area contributed by atoms with Crippen LogP contribution in [0.3, 0.4) is 0 Å². The van der Waals surface area contributed by atoms with Gasteiger partial charge in [-0.05, 0) is 25.5 Å². The molecular formula is C13H21NO3S. The predicted octanol–water partition coefficient (Wildman–Crippen LogP) is 2.32. The quantitative estimate of drug-likeness (QED) is 0.827. The first-order valence-corrected chi connectivity index (χ1v) is 7.73. The third-order valence-corrected chi connectivity index (χ3v) is 4.55. The van der Waals surface area contributed by atoms with E-state index in [0.717, 1.165) is 6.42 Å². The Labute approximate surface area is 109 Å². The summed E-state index contributed by atoms with van der Waals surface area (Å²) in [5.74, 6) is 0.109. The Kier molecular flexibility index (Phi) is 5.62. The molecule has 0 aliphatic carbocycles. The van der Waals surface area contributed by atoms with Crippen LogP contribution in [0.2, 0.25) is 0 Å². The largest absolute Gasteiger partial charge is 0.385 e. The van der Waals surface area contributed by atoms with Gasteiger partial charge in [-0.25, -0.2) is 8.42 Å². The van der Waals surface area contributed by atoms with Crippen LogP contribution < -0.4 is 5.32 Å². The van der Waals surface area contributed by atoms with Crippen molar-refractivity contribution in [2.24, 2.45) is 0 Å². The molecule has 0 fully saturated rings. The first-order chi connectivity index (χ1) is 8.51. The second kappa shape index (κ2) is 6.75. The average molecular weight is 271 g/mol. The number of methoxy groups -OCH3 is 1. The van der Waals surface area contributed by atoms with Crippen molar-refractivity contribution in [3.05, 3.63) is 24.3 Å². The summed E-state index contributed by atoms with van der Waals surface area (Å²) in [5.41, 5.74) is 0.669. The Bertz CT molecular complexity index is 471. The van der Waals surface area contributed by atoms with Crippen LogP contribution >= 0.6 is 0 Å². The molecule has 1 N–H and O–H groups in total. The van der Waals surface area contributed by atoms with E-state index < -0.39 is 9.84 Å². The SMILES string of the molecule is CCS(=O)(=O)c1ccccc1NC(C)CCOC. The molecule has 0 aliphatic rings. The molecule has 5 heteroatoms. The fraction of sp³-hybridized carbons (Fsp3) is 0.538. The highest BCUT2D eigenvalue weighted by atomic mass is 32.2. The lowest BCUT2D eigenvalue weighted by atomic mass is 10.2. The molecule has 0 saturated heterocycles. The van der Waals surface area contributed by atoms with Gasteiger partial charge in [0.15, 0.2) is 9.84 Å². The molecule has 0 aromatic heterocycles. The predicted molar refractivity (Wildman–Crippen MR) is 73.7 cm³/mol. The summed E-state index contributed by atoms with van der Waals surface area (Å²) in [7, 11) is -1.53. The van der Waals surface area contributed by atoms with Gasteiger partial charge in [-0.2, -0.15) is 0 Å². The Morgan fingerprint density at radius 2 is 2.00 bits per heavy atom. The molecule has 0 radical (unpaired) electrons. The van der Waals surface area contributed by atoms with Gasteiger partial charge in [-0.1, -0.05) is 19.1 Å². The van der Waals surface area contributed by atoms with Crippen molar-refractivity contribution in [2.75, 3.05) is 24.8 Å². The maximum atomic E-state index is 12.0. The first kappa shape index (κ1) is 15.0. The summed E-state index contributed by atoms with van der Waals surface area (Å²) in [4.78, 5) is 0.372. The summed E-state index contributed by atoms with van der Waals surface area (Å²) in [6.07, 6.45) is 0.830. The third kappa shape index (κ3) is 3.99. The number of para-hydroxylation sites is 1. The molecule has 0 saturated carbocycles. The second-order valence-corrected chi connectivity index (χ2v) is 6.47. The Hall–Kier alpha value is -1.07. The number of rotatable bonds is 7. The summed E-state index contributed by atoms with van der Waals surface area (Å²) < 4.78 is 28.9. The zero-order chi connectivity index (χ0) is 13.6. The van der Waals surface area contributed by atoms with Crippen molar-refractivity contribution in [1.29, 1.82) is 0 Å². The van der Waals surface area contributed by atoms with E-state index in [-0.39, 0.29) is 11.8 Å². The highest BCUT2D eigenvalue weighted by molar-refractivity contribution is 7.91. The van der Waals surface area contributed by atoms with Crippen LogP contribution in [0.25, 0.3) is 0 Å². The zero-order valence-corrected chi connectivity index (χ0v) is 12.0. The maximum absolute atomic E-state index is 12.0. The number of anilines is 1. The van der Waals surface area contributed by atoms with Crippen LogP contribution in [0.1, 0.15) is 20.3 Å². The van der Waals surface area contributed by atoms with Gasteiger partial charge in [0, 0.05) is 19.8 Å². The molecule has 1 rings (SSSR count). The third-order valence-electron chi connectivity index (χ3n) is 2.76. The van der Waals surface area contributed by atoms with E-state index in [1.54, 1.807) is 32.2 Å². The lowest BCUT2D eigenvalue weighted by Gasteiger charge is -2.17. The van der Waals surface area contributed by atoms with Crippen molar-refractivity contribution in [3.63, 3.8) is 0 Å². The molecule has 102 valence electrons. The minimum absolute atomic E-state index is 0.109. The number of benzene rings is 1. The first-order valence-electron chi connectivity index (χ1n) is 6.08. The molecule has 18 heavy (non-hydrogen) atoms. The monoisotopic (exact) mass is 271 g/mol. The minimum Gasteiger partial charge on any atom is -0.385 e. The van der Waals surface area contributed by atoms with E-state index in [1.165, 1.54) is 0 Å². The van der Waals surface area contributed by atoms with Crippen LogP contribution in [0.15, 0.2) is 29.2 Å². The number of hydrogen-bond acceptors (Lipinski definition) is 4. The van der Waals surface area contributed by atoms with Gasteiger partial charge < -0.3 is 10.1 Å². The molecule has 1 unspecified atom stereocenters. The van der Waals surface area contributed by atoms with Crippen LogP contribution in [-0.4, -0.2) is 33.9 Å². The van der Waals surface area contributed by atoms with Gasteiger partial charge in [-0.3, -0.25) is 0 Å². The summed E-state index contributed by atoms with van der Waals surface area (Å²) in [5, 5.41) is 3.23. The van der Waals surface area contributed by atoms with E-state index in [9.17, 15) is 8.42 Å². The number of hydrogen-bond donors (Lipinski definition) is 1. The molecule has 1 aromatic rings. The van der Waals surface area contributed by atoms with Gasteiger partial charge in [0.2, 0.25) is 0 Å². The molecule has 0 bridgehead atoms. The maximum Gasteiger partial charge on any atom is 0.180 e. The molecule has 0 spiro atoms. The van der Waals surface area contributed by atoms with E-state index >= 15 is 0 Å². The van der Waals surface area contributed by atoms with Crippen LogP contribution in [0.5, 0.6) is 0 Å². The van der Waals surface area contributed by atoms with Crippen molar-refractivity contribution in [1.82, 2.24) is 0 Å². The number of ether oxygens (including phenoxy) is 1. The van der Waals surface area contributed by atoms with Crippen molar-refractivity contribution in [3.8, 4) is 0 Å². The summed E-state index contributed by atoms with van der Waals surface area (Å²) in [6, 6.07) is 7.18. The molecule has 4 nitrogen and oxygen atoms in total. The normalized spacial score (nSPS) is 13.3. The molecule has 1 aromatic carbocycles. The molecule has 0 amide bonds. The summed E-state index contributed by atoms with van der Waals surface area (Å²) >= 11 is 0. The lowest BCUT2D eigenvalue weighted by Crippen LogP contribution is -2.19. The fourth-order valence-corrected chi connectivity index (χ4v) is 2.70. The number of sulfone groups is 1. The smallest absolute Gasteiger partial charge is 0.180 e. The lowest BCUT2D eigenvalue weighted by molar-refractivity contribution is 0.191. The van der Waals surface area contributed by atoms with Crippen LogP contribution in [-0.2, 0) is 14.6 Å². The van der Waals surface area contributed by atoms with E-state index in [2.05, 4.69) is 5.32 Å². The van der Waals surface area contributed by atoms with Gasteiger partial charge >= 0.3 is 0 Å². The Morgan fingerprint density at radius 3 is 2.61 bits per heavy atom. The van der Waals surface area contributed by atoms with Gasteiger partial charge in [0.05, 0.1) is 16.3 Å². The fourth-order valence-electron chi connectivity index (χ4n) is 1.64. The standard InChI is InChI=1S/C13H21NO3S/c1-4-18(15,16)13-8-6-5-7-12(13)14-11(2)9-10-17-3/h5-8,11,14H,4,9-10H2,1-3H3. The Balaban J connectivity index is 2.90. The van der Waals surface area contributed by atoms with Crippen LogP contribution in [0.4, 0.5) is 5.69 Å². The van der Waals surface area contributed by atoms with Crippen molar-refractivity contribution < 1.29 is 13.2 Å². The average Bonchev–Trinajstić information content (AvgIpc) is 2.37. The van der Waals surface area contributed by atoms with Crippen molar-refractivity contribution in [2.45, 2.75) is 31.2 Å².